The van der Waals surface area contributed by atoms with Crippen molar-refractivity contribution < 1.29 is 9.53 Å². The van der Waals surface area contributed by atoms with Crippen molar-refractivity contribution in [2.24, 2.45) is 0 Å². The van der Waals surface area contributed by atoms with Crippen LogP contribution >= 0.6 is 23.2 Å². The van der Waals surface area contributed by atoms with Gasteiger partial charge in [-0.05, 0) is 25.0 Å². The third-order valence-electron chi connectivity index (χ3n) is 4.87. The summed E-state index contributed by atoms with van der Waals surface area (Å²) in [5, 5.41) is 11.5. The Morgan fingerprint density at radius 2 is 2.19 bits per heavy atom. The second-order valence-electron chi connectivity index (χ2n) is 6.67. The number of hydrogen-bond donors (Lipinski definition) is 2. The first-order valence-corrected chi connectivity index (χ1v) is 9.55. The van der Waals surface area contributed by atoms with E-state index in [-0.39, 0.29) is 12.0 Å². The zero-order valence-corrected chi connectivity index (χ0v) is 15.7. The fourth-order valence-electron chi connectivity index (χ4n) is 3.51. The molecule has 138 valence electrons. The van der Waals surface area contributed by atoms with Crippen LogP contribution in [0.5, 0.6) is 5.75 Å². The number of carbonyl (C=O) groups excluding carboxylic acids is 1. The van der Waals surface area contributed by atoms with Gasteiger partial charge >= 0.3 is 0 Å². The van der Waals surface area contributed by atoms with Crippen molar-refractivity contribution in [3.8, 4) is 5.75 Å². The van der Waals surface area contributed by atoms with Crippen LogP contribution in [0.1, 0.15) is 34.6 Å². The maximum Gasteiger partial charge on any atom is 0.274 e. The first-order valence-electron chi connectivity index (χ1n) is 8.79. The summed E-state index contributed by atoms with van der Waals surface area (Å²) in [5.41, 5.74) is 2.59. The smallest absolute Gasteiger partial charge is 0.274 e. The molecule has 2 aliphatic heterocycles. The van der Waals surface area contributed by atoms with Crippen molar-refractivity contribution in [2.45, 2.75) is 31.9 Å². The highest BCUT2D eigenvalue weighted by Gasteiger charge is 2.30. The van der Waals surface area contributed by atoms with Gasteiger partial charge in [-0.3, -0.25) is 9.89 Å². The number of aromatic amines is 1. The summed E-state index contributed by atoms with van der Waals surface area (Å²) in [4.78, 5) is 14.8. The van der Waals surface area contributed by atoms with Crippen molar-refractivity contribution in [1.82, 2.24) is 20.4 Å². The molecule has 1 atom stereocenters. The number of carbonyl (C=O) groups is 1. The molecule has 3 heterocycles. The summed E-state index contributed by atoms with van der Waals surface area (Å²) in [6, 6.07) is 5.22. The van der Waals surface area contributed by atoms with Gasteiger partial charge in [0.15, 0.2) is 5.69 Å². The van der Waals surface area contributed by atoms with Crippen LogP contribution in [-0.2, 0) is 13.0 Å². The van der Waals surface area contributed by atoms with E-state index in [1.807, 2.05) is 4.90 Å². The Morgan fingerprint density at radius 1 is 1.31 bits per heavy atom. The van der Waals surface area contributed by atoms with Gasteiger partial charge < -0.3 is 15.0 Å². The number of likely N-dealkylation sites (tertiary alicyclic amines) is 1. The van der Waals surface area contributed by atoms with Crippen LogP contribution in [0.15, 0.2) is 18.2 Å². The molecule has 0 aliphatic carbocycles. The predicted octanol–water partition coefficient (Wildman–Crippen LogP) is 3.05. The fraction of sp³-hybridized carbons (Fsp3) is 0.444. The molecular formula is C18H20Cl2N4O2. The number of ether oxygens (including phenoxy) is 1. The fourth-order valence-corrected chi connectivity index (χ4v) is 3.80. The first kappa shape index (κ1) is 17.6. The second kappa shape index (κ2) is 7.47. The zero-order valence-electron chi connectivity index (χ0n) is 14.2. The maximum absolute atomic E-state index is 13.0. The number of piperidine rings is 1. The number of aromatic nitrogens is 2. The molecule has 2 N–H and O–H groups in total. The summed E-state index contributed by atoms with van der Waals surface area (Å²) in [6.45, 7) is 2.85. The largest absolute Gasteiger partial charge is 0.489 e. The molecule has 6 nitrogen and oxygen atoms in total. The quantitative estimate of drug-likeness (QED) is 0.838. The molecule has 1 fully saturated rings. The number of H-pyrrole nitrogens is 1. The van der Waals surface area contributed by atoms with Gasteiger partial charge in [0.05, 0.1) is 16.6 Å². The molecule has 2 aliphatic rings. The van der Waals surface area contributed by atoms with Gasteiger partial charge in [-0.25, -0.2) is 0 Å². The Kier molecular flexibility index (Phi) is 5.07. The number of rotatable bonds is 3. The molecule has 0 saturated carbocycles. The SMILES string of the molecule is O=C(c1n[nH]c2c1CNCC2)N1CCCC(Oc2ccc(Cl)c(Cl)c2)C1. The third-order valence-corrected chi connectivity index (χ3v) is 5.61. The maximum atomic E-state index is 13.0. The van der Waals surface area contributed by atoms with Crippen LogP contribution in [0.4, 0.5) is 0 Å². The lowest BCUT2D eigenvalue weighted by atomic mass is 10.0. The van der Waals surface area contributed by atoms with Crippen LogP contribution < -0.4 is 10.1 Å². The molecule has 1 amide bonds. The molecule has 4 rings (SSSR count). The van der Waals surface area contributed by atoms with Crippen LogP contribution in [0.25, 0.3) is 0 Å². The number of nitrogens with zero attached hydrogens (tertiary/aromatic N) is 2. The average molecular weight is 395 g/mol. The van der Waals surface area contributed by atoms with Gasteiger partial charge in [-0.2, -0.15) is 5.10 Å². The lowest BCUT2D eigenvalue weighted by Crippen LogP contribution is -2.45. The van der Waals surface area contributed by atoms with E-state index in [1.165, 1.54) is 0 Å². The molecular weight excluding hydrogens is 375 g/mol. The number of amides is 1. The summed E-state index contributed by atoms with van der Waals surface area (Å²) < 4.78 is 6.02. The minimum absolute atomic E-state index is 0.0337. The number of fused-ring (bicyclic) bond motifs is 1. The summed E-state index contributed by atoms with van der Waals surface area (Å²) >= 11 is 12.0. The number of nitrogens with one attached hydrogen (secondary N) is 2. The Labute approximate surface area is 161 Å². The zero-order chi connectivity index (χ0) is 18.1. The van der Waals surface area contributed by atoms with E-state index in [0.29, 0.717) is 34.6 Å². The van der Waals surface area contributed by atoms with Gasteiger partial charge in [0.1, 0.15) is 11.9 Å². The third kappa shape index (κ3) is 3.54. The monoisotopic (exact) mass is 394 g/mol. The molecule has 1 aromatic carbocycles. The van der Waals surface area contributed by atoms with E-state index in [9.17, 15) is 4.79 Å². The molecule has 0 radical (unpaired) electrons. The summed E-state index contributed by atoms with van der Waals surface area (Å²) in [6.07, 6.45) is 2.59. The van der Waals surface area contributed by atoms with Crippen molar-refractivity contribution in [2.75, 3.05) is 19.6 Å². The van der Waals surface area contributed by atoms with Gasteiger partial charge in [-0.15, -0.1) is 0 Å². The lowest BCUT2D eigenvalue weighted by Gasteiger charge is -2.32. The van der Waals surface area contributed by atoms with Crippen LogP contribution in [0, 0.1) is 0 Å². The van der Waals surface area contributed by atoms with Crippen molar-refractivity contribution in [3.05, 3.63) is 45.2 Å². The first-order chi connectivity index (χ1) is 12.6. The standard InChI is InChI=1S/C18H20Cl2N4O2/c19-14-4-3-11(8-15(14)20)26-12-2-1-7-24(10-12)18(25)17-13-9-21-6-5-16(13)22-23-17/h3-4,8,12,21H,1-2,5-7,9-10H2,(H,22,23). The second-order valence-corrected chi connectivity index (χ2v) is 7.48. The molecule has 1 unspecified atom stereocenters. The minimum Gasteiger partial charge on any atom is -0.489 e. The Balaban J connectivity index is 1.45. The molecule has 2 aromatic rings. The van der Waals surface area contributed by atoms with Crippen LogP contribution in [0.2, 0.25) is 10.0 Å². The normalized spacial score (nSPS) is 19.9. The Hall–Kier alpha value is -1.76. The molecule has 8 heteroatoms. The van der Waals surface area contributed by atoms with E-state index in [2.05, 4.69) is 15.5 Å². The topological polar surface area (TPSA) is 70.2 Å². The van der Waals surface area contributed by atoms with E-state index in [4.69, 9.17) is 27.9 Å². The molecule has 1 aromatic heterocycles. The van der Waals surface area contributed by atoms with Crippen LogP contribution in [0.3, 0.4) is 0 Å². The van der Waals surface area contributed by atoms with Gasteiger partial charge in [0.2, 0.25) is 0 Å². The molecule has 0 spiro atoms. The number of hydrogen-bond acceptors (Lipinski definition) is 4. The van der Waals surface area contributed by atoms with E-state index in [0.717, 1.165) is 43.6 Å². The Bertz CT molecular complexity index is 824. The lowest BCUT2D eigenvalue weighted by molar-refractivity contribution is 0.0531. The predicted molar refractivity (Wildman–Crippen MR) is 100 cm³/mol. The number of halogens is 2. The number of benzene rings is 1. The van der Waals surface area contributed by atoms with Crippen LogP contribution in [-0.4, -0.2) is 46.7 Å². The summed E-state index contributed by atoms with van der Waals surface area (Å²) in [5.74, 6) is 0.633. The van der Waals surface area contributed by atoms with Crippen molar-refractivity contribution in [3.63, 3.8) is 0 Å². The van der Waals surface area contributed by atoms with Gasteiger partial charge in [0.25, 0.3) is 5.91 Å². The molecule has 26 heavy (non-hydrogen) atoms. The average Bonchev–Trinajstić information content (AvgIpc) is 3.08. The molecule has 0 bridgehead atoms. The van der Waals surface area contributed by atoms with E-state index >= 15 is 0 Å². The van der Waals surface area contributed by atoms with Gasteiger partial charge in [0, 0.05) is 43.4 Å². The Morgan fingerprint density at radius 3 is 3.04 bits per heavy atom. The summed E-state index contributed by atoms with van der Waals surface area (Å²) in [7, 11) is 0. The van der Waals surface area contributed by atoms with Crippen molar-refractivity contribution in [1.29, 1.82) is 0 Å². The van der Waals surface area contributed by atoms with E-state index < -0.39 is 0 Å². The highest BCUT2D eigenvalue weighted by Crippen LogP contribution is 2.28. The van der Waals surface area contributed by atoms with E-state index in [1.54, 1.807) is 18.2 Å². The highest BCUT2D eigenvalue weighted by atomic mass is 35.5. The minimum atomic E-state index is -0.0714. The highest BCUT2D eigenvalue weighted by molar-refractivity contribution is 6.42. The van der Waals surface area contributed by atoms with Crippen molar-refractivity contribution >= 4 is 29.1 Å². The van der Waals surface area contributed by atoms with Gasteiger partial charge in [-0.1, -0.05) is 23.2 Å². The molecule has 1 saturated heterocycles.